The maximum Gasteiger partial charge on any atom is 0.477 e. The highest BCUT2D eigenvalue weighted by molar-refractivity contribution is 7.54. The minimum Gasteiger partial charge on any atom is -0.628 e. The van der Waals surface area contributed by atoms with Crippen molar-refractivity contribution in [1.82, 2.24) is 0 Å². The predicted molar refractivity (Wildman–Crippen MR) is 78.6 cm³/mol. The van der Waals surface area contributed by atoms with Gasteiger partial charge in [0.2, 0.25) is 0 Å². The lowest BCUT2D eigenvalue weighted by Gasteiger charge is -2.23. The molecule has 0 fully saturated rings. The number of hydrogen-bond acceptors (Lipinski definition) is 5. The largest absolute Gasteiger partial charge is 0.628 e. The maximum absolute atomic E-state index is 12.1. The molecule has 0 aromatic rings. The summed E-state index contributed by atoms with van der Waals surface area (Å²) in [6.45, 7) is 4.80. The van der Waals surface area contributed by atoms with Crippen LogP contribution in [-0.4, -0.2) is 66.2 Å². The van der Waals surface area contributed by atoms with E-state index in [4.69, 9.17) is 14.5 Å². The lowest BCUT2D eigenvalue weighted by Crippen LogP contribution is -2.40. The van der Waals surface area contributed by atoms with Gasteiger partial charge >= 0.3 is 13.8 Å². The first-order valence-electron chi connectivity index (χ1n) is 6.00. The first-order valence-corrected chi connectivity index (χ1v) is 8.98. The van der Waals surface area contributed by atoms with Crippen molar-refractivity contribution in [2.45, 2.75) is 6.92 Å². The molecular weight excluding hydrogens is 320 g/mol. The predicted octanol–water partition coefficient (Wildman–Crippen LogP) is -0.192. The Kier molecular flexibility index (Phi) is 7.92. The fraction of sp³-hybridized carbons (Fsp3) is 0.636. The van der Waals surface area contributed by atoms with Crippen LogP contribution >= 0.6 is 15.6 Å². The third-order valence-corrected chi connectivity index (χ3v) is 3.97. The van der Waals surface area contributed by atoms with Crippen LogP contribution < -0.4 is 4.89 Å². The zero-order valence-electron chi connectivity index (χ0n) is 12.6. The van der Waals surface area contributed by atoms with E-state index < -0.39 is 21.6 Å². The Balaban J connectivity index is 4.88. The van der Waals surface area contributed by atoms with Gasteiger partial charge < -0.3 is 23.9 Å². The molecule has 0 saturated carbocycles. The highest BCUT2D eigenvalue weighted by Crippen LogP contribution is 2.38. The van der Waals surface area contributed by atoms with Gasteiger partial charge in [0.05, 0.1) is 28.9 Å². The van der Waals surface area contributed by atoms with E-state index in [1.807, 2.05) is 0 Å². The molecule has 0 aromatic carbocycles. The number of nitrogens with zero attached hydrogens (tertiary/aromatic N) is 1. The van der Waals surface area contributed by atoms with E-state index in [2.05, 4.69) is 11.1 Å². The second-order valence-electron chi connectivity index (χ2n) is 5.44. The lowest BCUT2D eigenvalue weighted by atomic mass is 10.4. The van der Waals surface area contributed by atoms with Crippen molar-refractivity contribution < 1.29 is 37.8 Å². The monoisotopic (exact) mass is 342 g/mol. The number of carbonyl (C=O) groups excluding carboxylic acids is 1. The smallest absolute Gasteiger partial charge is 0.477 e. The van der Waals surface area contributed by atoms with E-state index in [1.165, 1.54) is 6.92 Å². The molecule has 2 N–H and O–H groups in total. The number of likely N-dealkylation sites (N-methyl/N-ethyl adjacent to an activating group) is 1. The standard InChI is InChI=1S/C11H21NO7P2/c1-9(2)11(13)18-6-7-20(14)10(8-12(3,4)5)19-21(15,16)17/h1,6-8H2,2-5H3,(H-,15,16,17)/p+1. The Labute approximate surface area is 125 Å². The van der Waals surface area contributed by atoms with Crippen molar-refractivity contribution in [3.05, 3.63) is 12.2 Å². The van der Waals surface area contributed by atoms with Crippen LogP contribution in [0, 0.1) is 0 Å². The van der Waals surface area contributed by atoms with Crippen LogP contribution in [0.3, 0.4) is 0 Å². The van der Waals surface area contributed by atoms with Gasteiger partial charge in [-0.2, -0.15) is 0 Å². The second-order valence-corrected chi connectivity index (χ2v) is 8.31. The van der Waals surface area contributed by atoms with Gasteiger partial charge in [-0.1, -0.05) is 6.58 Å². The van der Waals surface area contributed by atoms with Crippen molar-refractivity contribution in [2.24, 2.45) is 0 Å². The molecule has 0 aliphatic carbocycles. The Bertz CT molecular complexity index is 475. The SMILES string of the molecule is C=C(C)C(=O)OCC/[P+]([O-])=C(/C[N+](C)(C)C)OP(=O)(O)O. The molecule has 1 atom stereocenters. The fourth-order valence-corrected chi connectivity index (χ4v) is 3.27. The fourth-order valence-electron chi connectivity index (χ4n) is 1.17. The average Bonchev–Trinajstić information content (AvgIpc) is 2.23. The minimum absolute atomic E-state index is 0.0642. The van der Waals surface area contributed by atoms with Crippen molar-refractivity contribution >= 4 is 27.0 Å². The molecule has 0 radical (unpaired) electrons. The van der Waals surface area contributed by atoms with Crippen LogP contribution in [0.15, 0.2) is 12.2 Å². The van der Waals surface area contributed by atoms with Gasteiger partial charge in [-0.3, -0.25) is 0 Å². The zero-order valence-corrected chi connectivity index (χ0v) is 14.4. The summed E-state index contributed by atoms with van der Waals surface area (Å²) in [6.07, 6.45) is -0.0797. The summed E-state index contributed by atoms with van der Waals surface area (Å²) in [5, 5.41) is 0. The molecule has 0 aromatic heterocycles. The summed E-state index contributed by atoms with van der Waals surface area (Å²) < 4.78 is 20.5. The van der Waals surface area contributed by atoms with Crippen LogP contribution in [0.5, 0.6) is 0 Å². The second kappa shape index (κ2) is 8.15. The number of hydrogen-bond donors (Lipinski definition) is 2. The van der Waals surface area contributed by atoms with Gasteiger partial charge in [-0.15, -0.1) is 0 Å². The summed E-state index contributed by atoms with van der Waals surface area (Å²) in [5.74, 6) is -0.609. The molecule has 0 bridgehead atoms. The number of ether oxygens (including phenoxy) is 1. The third kappa shape index (κ3) is 10.7. The van der Waals surface area contributed by atoms with Crippen LogP contribution in [0.1, 0.15) is 6.92 Å². The number of carbonyl (C=O) groups is 1. The highest BCUT2D eigenvalue weighted by Gasteiger charge is 2.28. The van der Waals surface area contributed by atoms with E-state index in [-0.39, 0.29) is 34.8 Å². The van der Waals surface area contributed by atoms with Crippen LogP contribution in [0.4, 0.5) is 0 Å². The van der Waals surface area contributed by atoms with E-state index in [0.29, 0.717) is 0 Å². The molecule has 10 heteroatoms. The molecule has 0 heterocycles. The molecule has 21 heavy (non-hydrogen) atoms. The van der Waals surface area contributed by atoms with Crippen LogP contribution in [-0.2, 0) is 18.6 Å². The number of phosphoric ester groups is 1. The first kappa shape index (κ1) is 20.4. The van der Waals surface area contributed by atoms with Crippen LogP contribution in [0.25, 0.3) is 0 Å². The zero-order chi connectivity index (χ0) is 16.8. The lowest BCUT2D eigenvalue weighted by molar-refractivity contribution is -0.861. The molecule has 0 amide bonds. The summed E-state index contributed by atoms with van der Waals surface area (Å²) >= 11 is 0. The summed E-state index contributed by atoms with van der Waals surface area (Å²) in [5.41, 5.74) is 0.0180. The normalized spacial score (nSPS) is 13.7. The topological polar surface area (TPSA) is 116 Å². The Hall–Kier alpha value is -0.590. The molecule has 0 aliphatic heterocycles. The number of phosphoric acid groups is 1. The van der Waals surface area contributed by atoms with Gasteiger partial charge in [0.15, 0.2) is 6.54 Å². The Morgan fingerprint density at radius 1 is 1.38 bits per heavy atom. The molecule has 122 valence electrons. The van der Waals surface area contributed by atoms with Gasteiger partial charge in [0.25, 0.3) is 5.48 Å². The average molecular weight is 342 g/mol. The van der Waals surface area contributed by atoms with Gasteiger partial charge in [-0.05, 0) is 6.92 Å². The molecule has 0 rings (SSSR count). The van der Waals surface area contributed by atoms with E-state index in [1.54, 1.807) is 21.1 Å². The van der Waals surface area contributed by atoms with E-state index >= 15 is 0 Å². The minimum atomic E-state index is -4.78. The first-order chi connectivity index (χ1) is 9.32. The summed E-state index contributed by atoms with van der Waals surface area (Å²) in [7, 11) is -1.70. The van der Waals surface area contributed by atoms with Gasteiger partial charge in [0.1, 0.15) is 12.8 Å². The molecule has 0 aliphatic rings. The number of rotatable bonds is 8. The Morgan fingerprint density at radius 3 is 2.29 bits per heavy atom. The van der Waals surface area contributed by atoms with E-state index in [0.717, 1.165) is 0 Å². The third-order valence-electron chi connectivity index (χ3n) is 1.99. The molecule has 0 spiro atoms. The summed E-state index contributed by atoms with van der Waals surface area (Å²) in [4.78, 5) is 41.0. The molecule has 1 unspecified atom stereocenters. The quantitative estimate of drug-likeness (QED) is 0.272. The van der Waals surface area contributed by atoms with Gasteiger partial charge in [0, 0.05) is 5.57 Å². The van der Waals surface area contributed by atoms with Crippen molar-refractivity contribution in [3.8, 4) is 0 Å². The highest BCUT2D eigenvalue weighted by atomic mass is 31.2. The molecule has 0 saturated heterocycles. The summed E-state index contributed by atoms with van der Waals surface area (Å²) in [6, 6.07) is 0. The van der Waals surface area contributed by atoms with Crippen molar-refractivity contribution in [1.29, 1.82) is 0 Å². The van der Waals surface area contributed by atoms with Crippen molar-refractivity contribution in [3.63, 3.8) is 0 Å². The number of quaternary nitrogens is 1. The maximum atomic E-state index is 12.1. The van der Waals surface area contributed by atoms with Gasteiger partial charge in [-0.25, -0.2) is 13.9 Å². The van der Waals surface area contributed by atoms with Crippen molar-refractivity contribution in [2.75, 3.05) is 40.5 Å². The molecular formula is C11H22NO7P2+. The van der Waals surface area contributed by atoms with E-state index in [9.17, 15) is 14.3 Å². The molecule has 8 nitrogen and oxygen atoms in total. The number of esters is 1. The van der Waals surface area contributed by atoms with Crippen LogP contribution in [0.2, 0.25) is 0 Å². The Morgan fingerprint density at radius 2 is 1.90 bits per heavy atom.